The maximum atomic E-state index is 15.3. The average molecular weight is 789 g/mol. The fourth-order valence-corrected chi connectivity index (χ4v) is 9.32. The number of carbonyl (C=O) groups is 4. The lowest BCUT2D eigenvalue weighted by atomic mass is 9.50. The van der Waals surface area contributed by atoms with Gasteiger partial charge in [-0.1, -0.05) is 87.8 Å². The number of hydrazine groups is 1. The van der Waals surface area contributed by atoms with Crippen molar-refractivity contribution in [2.75, 3.05) is 24.5 Å². The van der Waals surface area contributed by atoms with Crippen LogP contribution in [0.3, 0.4) is 0 Å². The summed E-state index contributed by atoms with van der Waals surface area (Å²) >= 11 is 3.44. The van der Waals surface area contributed by atoms with E-state index in [2.05, 4.69) is 21.4 Å². The predicted molar refractivity (Wildman–Crippen MR) is 206 cm³/mol. The quantitative estimate of drug-likeness (QED) is 0.142. The van der Waals surface area contributed by atoms with Crippen LogP contribution in [0.5, 0.6) is 17.2 Å². The molecule has 0 bridgehead atoms. The molecule has 11 heteroatoms. The van der Waals surface area contributed by atoms with Gasteiger partial charge in [-0.25, -0.2) is 0 Å². The number of rotatable bonds is 8. The van der Waals surface area contributed by atoms with Crippen LogP contribution >= 0.6 is 15.9 Å². The van der Waals surface area contributed by atoms with Gasteiger partial charge in [-0.3, -0.25) is 29.5 Å². The second kappa shape index (κ2) is 13.6. The highest BCUT2D eigenvalue weighted by Crippen LogP contribution is 2.61. The minimum absolute atomic E-state index is 0.147. The Kier molecular flexibility index (Phi) is 8.92. The van der Waals surface area contributed by atoms with Crippen molar-refractivity contribution in [3.8, 4) is 17.2 Å². The van der Waals surface area contributed by atoms with Gasteiger partial charge in [0.25, 0.3) is 11.8 Å². The van der Waals surface area contributed by atoms with Crippen molar-refractivity contribution < 1.29 is 33.8 Å². The number of fused-ring (bicyclic) bond motifs is 4. The largest absolute Gasteiger partial charge is 0.502 e. The molecule has 0 unspecified atom stereocenters. The van der Waals surface area contributed by atoms with Crippen LogP contribution in [0.25, 0.3) is 6.08 Å². The number of hydrogen-bond acceptors (Lipinski definition) is 8. The molecule has 4 amide bonds. The van der Waals surface area contributed by atoms with Gasteiger partial charge in [0.2, 0.25) is 17.6 Å². The number of amides is 4. The first-order valence-electron chi connectivity index (χ1n) is 17.8. The van der Waals surface area contributed by atoms with Crippen LogP contribution in [0.2, 0.25) is 0 Å². The Morgan fingerprint density at radius 2 is 1.52 bits per heavy atom. The molecule has 2 saturated heterocycles. The zero-order valence-corrected chi connectivity index (χ0v) is 31.4. The second-order valence-electron chi connectivity index (χ2n) is 14.3. The van der Waals surface area contributed by atoms with E-state index in [1.807, 2.05) is 79.7 Å². The van der Waals surface area contributed by atoms with Gasteiger partial charge < -0.3 is 14.6 Å². The number of anilines is 2. The minimum Gasteiger partial charge on any atom is -0.502 e. The predicted octanol–water partition coefficient (Wildman–Crippen LogP) is 7.22. The van der Waals surface area contributed by atoms with Crippen molar-refractivity contribution in [3.63, 3.8) is 0 Å². The number of ether oxygens (including phenoxy) is 2. The summed E-state index contributed by atoms with van der Waals surface area (Å²) in [5.41, 5.74) is 5.95. The lowest BCUT2D eigenvalue weighted by Gasteiger charge is -2.49. The van der Waals surface area contributed by atoms with Crippen LogP contribution < -0.4 is 19.8 Å². The summed E-state index contributed by atoms with van der Waals surface area (Å²) in [6.45, 7) is 1.96. The fourth-order valence-electron chi connectivity index (χ4n) is 9.06. The number of carbonyl (C=O) groups excluding carboxylic acids is 4. The van der Waals surface area contributed by atoms with Gasteiger partial charge in [0.05, 0.1) is 48.8 Å². The molecule has 0 radical (unpaired) electrons. The number of halogens is 1. The van der Waals surface area contributed by atoms with Crippen molar-refractivity contribution in [2.24, 2.45) is 29.6 Å². The van der Waals surface area contributed by atoms with E-state index in [1.165, 1.54) is 19.1 Å². The molecule has 4 aliphatic rings. The molecule has 10 nitrogen and oxygen atoms in total. The van der Waals surface area contributed by atoms with Gasteiger partial charge in [-0.2, -0.15) is 5.01 Å². The van der Waals surface area contributed by atoms with Gasteiger partial charge in [0.1, 0.15) is 0 Å². The molecule has 54 heavy (non-hydrogen) atoms. The van der Waals surface area contributed by atoms with Crippen LogP contribution in [0, 0.1) is 36.5 Å². The zero-order valence-electron chi connectivity index (χ0n) is 29.9. The van der Waals surface area contributed by atoms with Gasteiger partial charge in [0.15, 0.2) is 11.5 Å². The third kappa shape index (κ3) is 5.43. The normalized spacial score (nSPS) is 26.1. The number of hydrogen-bond donors (Lipinski definition) is 2. The van der Waals surface area contributed by atoms with E-state index < -0.39 is 46.8 Å². The first-order chi connectivity index (χ1) is 26.1. The Labute approximate surface area is 321 Å². The molecule has 2 aliphatic carbocycles. The van der Waals surface area contributed by atoms with E-state index in [0.29, 0.717) is 28.9 Å². The van der Waals surface area contributed by atoms with E-state index in [1.54, 1.807) is 36.4 Å². The van der Waals surface area contributed by atoms with Crippen LogP contribution in [-0.4, -0.2) is 48.0 Å². The van der Waals surface area contributed by atoms with Crippen molar-refractivity contribution in [3.05, 3.63) is 130 Å². The number of nitrogens with one attached hydrogen (secondary N) is 1. The van der Waals surface area contributed by atoms with Crippen LogP contribution in [0.15, 0.2) is 113 Å². The molecule has 1 saturated carbocycles. The van der Waals surface area contributed by atoms with Crippen molar-refractivity contribution >= 4 is 57.0 Å². The molecule has 4 aromatic carbocycles. The first-order valence-corrected chi connectivity index (χ1v) is 18.6. The van der Waals surface area contributed by atoms with Crippen LogP contribution in [-0.2, 0) is 24.6 Å². The maximum Gasteiger partial charge on any atom is 0.260 e. The number of nitrogens with zero attached hydrogens (tertiary/aromatic N) is 2. The Balaban J connectivity index is 1.30. The summed E-state index contributed by atoms with van der Waals surface area (Å²) in [6, 6.07) is 27.2. The maximum absolute atomic E-state index is 15.3. The van der Waals surface area contributed by atoms with Gasteiger partial charge in [-0.15, -0.1) is 0 Å². The highest BCUT2D eigenvalue weighted by atomic mass is 79.9. The van der Waals surface area contributed by atoms with Gasteiger partial charge in [0, 0.05) is 10.4 Å². The molecule has 0 spiro atoms. The zero-order chi connectivity index (χ0) is 37.9. The van der Waals surface area contributed by atoms with E-state index in [0.717, 1.165) is 20.6 Å². The molecule has 274 valence electrons. The summed E-state index contributed by atoms with van der Waals surface area (Å²) in [5.74, 6) is -4.55. The second-order valence-corrected chi connectivity index (χ2v) is 15.2. The molecule has 6 atom stereocenters. The standard InChI is InChI=1S/C43H38BrN3O7/c1-24-9-14-28(15-10-24)45-47-40(50)34-23-32-30(18-19-31-37(32)41(51)46(39(31)49)29-16-12-27(44)13-17-29)33(43(34,42(47)52)26-7-5-4-6-8-26)20-11-25-21-35(53-2)38(48)36(22-25)54-3/h4-18,20-22,31-34,37,45,48H,19,23H2,1-3H3/t31-,32+,33-,34-,37-,43-/m0/s1. The SMILES string of the molecule is COc1cc(C=C[C@H]2C3=CC[C@@H]4C(=O)N(c5ccc(Br)cc5)C(=O)[C@@H]4[C@@H]3C[C@H]3C(=O)N(Nc4ccc(C)cc4)C(=O)[C@@]23c2ccccc2)cc(OC)c1O. The fraction of sp³-hybridized carbons (Fsp3) is 0.256. The Bertz CT molecular complexity index is 2210. The molecule has 2 aliphatic heterocycles. The third-order valence-electron chi connectivity index (χ3n) is 11.5. The molecule has 3 fully saturated rings. The number of allylic oxidation sites excluding steroid dienone is 3. The van der Waals surface area contributed by atoms with Gasteiger partial charge in [-0.05, 0) is 85.3 Å². The Morgan fingerprint density at radius 1 is 0.852 bits per heavy atom. The van der Waals surface area contributed by atoms with Crippen molar-refractivity contribution in [1.82, 2.24) is 5.01 Å². The number of phenolic OH excluding ortho intramolecular Hbond substituents is 1. The smallest absolute Gasteiger partial charge is 0.260 e. The third-order valence-corrected chi connectivity index (χ3v) is 12.1. The van der Waals surface area contributed by atoms with E-state index >= 15 is 4.79 Å². The first kappa shape index (κ1) is 35.4. The van der Waals surface area contributed by atoms with E-state index in [-0.39, 0.29) is 35.5 Å². The van der Waals surface area contributed by atoms with Crippen LogP contribution in [0.4, 0.5) is 11.4 Å². The summed E-state index contributed by atoms with van der Waals surface area (Å²) in [6.07, 6.45) is 6.26. The average Bonchev–Trinajstić information content (AvgIpc) is 3.56. The number of phenols is 1. The number of methoxy groups -OCH3 is 2. The van der Waals surface area contributed by atoms with Gasteiger partial charge >= 0.3 is 0 Å². The molecular weight excluding hydrogens is 750 g/mol. The Morgan fingerprint density at radius 3 is 2.17 bits per heavy atom. The summed E-state index contributed by atoms with van der Waals surface area (Å²) in [7, 11) is 2.89. The molecule has 2 heterocycles. The topological polar surface area (TPSA) is 125 Å². The lowest BCUT2D eigenvalue weighted by Crippen LogP contribution is -2.54. The van der Waals surface area contributed by atoms with Crippen molar-refractivity contribution in [1.29, 1.82) is 0 Å². The number of benzene rings is 4. The monoisotopic (exact) mass is 787 g/mol. The molecule has 8 rings (SSSR count). The Hall–Kier alpha value is -5.68. The number of aromatic hydroxyl groups is 1. The molecular formula is C43H38BrN3O7. The lowest BCUT2D eigenvalue weighted by molar-refractivity contribution is -0.139. The number of imide groups is 2. The number of aryl methyl sites for hydroxylation is 1. The van der Waals surface area contributed by atoms with Crippen molar-refractivity contribution in [2.45, 2.75) is 25.2 Å². The summed E-state index contributed by atoms with van der Waals surface area (Å²) in [5, 5.41) is 11.8. The van der Waals surface area contributed by atoms with Crippen LogP contribution in [0.1, 0.15) is 29.5 Å². The highest BCUT2D eigenvalue weighted by molar-refractivity contribution is 9.10. The summed E-state index contributed by atoms with van der Waals surface area (Å²) < 4.78 is 11.7. The summed E-state index contributed by atoms with van der Waals surface area (Å²) in [4.78, 5) is 59.9. The van der Waals surface area contributed by atoms with E-state index in [4.69, 9.17) is 9.47 Å². The molecule has 4 aromatic rings. The molecule has 2 N–H and O–H groups in total. The van der Waals surface area contributed by atoms with E-state index in [9.17, 15) is 19.5 Å². The molecule has 0 aromatic heterocycles. The minimum atomic E-state index is -1.40. The highest BCUT2D eigenvalue weighted by Gasteiger charge is 2.69.